The molecule has 0 amide bonds. The maximum absolute atomic E-state index is 8.28. The second-order valence-electron chi connectivity index (χ2n) is 4.86. The number of amidine groups is 1. The zero-order valence-electron chi connectivity index (χ0n) is 11.1. The molecule has 3 rings (SSSR count). The van der Waals surface area contributed by atoms with Crippen molar-refractivity contribution in [1.29, 1.82) is 5.41 Å². The fourth-order valence-electron chi connectivity index (χ4n) is 2.40. The second kappa shape index (κ2) is 5.17. The number of nitrogens with one attached hydrogen (secondary N) is 1. The second-order valence-corrected chi connectivity index (χ2v) is 4.86. The van der Waals surface area contributed by atoms with Crippen LogP contribution in [0.5, 0.6) is 0 Å². The van der Waals surface area contributed by atoms with Crippen molar-refractivity contribution in [3.8, 4) is 0 Å². The fraction of sp³-hybridized carbons (Fsp3) is 0.188. The van der Waals surface area contributed by atoms with E-state index >= 15 is 0 Å². The van der Waals surface area contributed by atoms with Crippen LogP contribution in [0.25, 0.3) is 0 Å². The lowest BCUT2D eigenvalue weighted by Crippen LogP contribution is -2.23. The minimum Gasteiger partial charge on any atom is -0.322 e. The van der Waals surface area contributed by atoms with Gasteiger partial charge in [-0.15, -0.1) is 17.0 Å². The van der Waals surface area contributed by atoms with Gasteiger partial charge in [-0.05, 0) is 42.7 Å². The molecule has 0 fully saturated rings. The first kappa shape index (κ1) is 13.8. The number of rotatable bonds is 1. The van der Waals surface area contributed by atoms with E-state index in [1.165, 1.54) is 16.7 Å². The van der Waals surface area contributed by atoms with Crippen LogP contribution in [0.3, 0.4) is 0 Å². The maximum atomic E-state index is 8.28. The van der Waals surface area contributed by atoms with Crippen molar-refractivity contribution in [2.75, 3.05) is 4.90 Å². The van der Waals surface area contributed by atoms with Gasteiger partial charge in [0.2, 0.25) is 0 Å². The van der Waals surface area contributed by atoms with Crippen LogP contribution in [-0.4, -0.2) is 5.84 Å². The number of hydrogen-bond donors (Lipinski definition) is 1. The van der Waals surface area contributed by atoms with E-state index < -0.39 is 0 Å². The lowest BCUT2D eigenvalue weighted by atomic mass is 10.1. The molecule has 1 heterocycles. The minimum absolute atomic E-state index is 0. The van der Waals surface area contributed by atoms with Gasteiger partial charge in [0.05, 0.1) is 6.54 Å². The minimum atomic E-state index is 0. The van der Waals surface area contributed by atoms with Gasteiger partial charge in [-0.1, -0.05) is 30.3 Å². The van der Waals surface area contributed by atoms with Crippen molar-refractivity contribution in [1.82, 2.24) is 0 Å². The highest BCUT2D eigenvalue weighted by Crippen LogP contribution is 2.29. The average molecular weight is 317 g/mol. The van der Waals surface area contributed by atoms with Gasteiger partial charge in [-0.3, -0.25) is 5.41 Å². The lowest BCUT2D eigenvalue weighted by molar-refractivity contribution is 1.04. The third-order valence-electron chi connectivity index (χ3n) is 3.67. The molecule has 2 nitrogen and oxygen atoms in total. The molecule has 0 unspecified atom stereocenters. The Balaban J connectivity index is 0.00000133. The lowest BCUT2D eigenvalue weighted by Gasteiger charge is -2.19. The summed E-state index contributed by atoms with van der Waals surface area (Å²) in [6.45, 7) is 5.03. The van der Waals surface area contributed by atoms with Crippen molar-refractivity contribution in [2.24, 2.45) is 0 Å². The zero-order chi connectivity index (χ0) is 12.7. The quantitative estimate of drug-likeness (QED) is 0.837. The Labute approximate surface area is 124 Å². The van der Waals surface area contributed by atoms with Gasteiger partial charge in [0.25, 0.3) is 0 Å². The summed E-state index contributed by atoms with van der Waals surface area (Å²) >= 11 is 0. The molecular formula is C16H17BrN2. The van der Waals surface area contributed by atoms with Gasteiger partial charge in [-0.25, -0.2) is 0 Å². The molecule has 0 radical (unpaired) electrons. The Bertz CT molecular complexity index is 634. The van der Waals surface area contributed by atoms with Gasteiger partial charge in [0.1, 0.15) is 5.84 Å². The Morgan fingerprint density at radius 3 is 2.42 bits per heavy atom. The average Bonchev–Trinajstić information content (AvgIpc) is 2.71. The molecule has 0 bridgehead atoms. The number of benzene rings is 2. The number of fused-ring (bicyclic) bond motifs is 1. The highest BCUT2D eigenvalue weighted by molar-refractivity contribution is 8.93. The third kappa shape index (κ3) is 2.30. The molecule has 0 spiro atoms. The van der Waals surface area contributed by atoms with E-state index in [9.17, 15) is 0 Å². The van der Waals surface area contributed by atoms with Crippen LogP contribution in [0.2, 0.25) is 0 Å². The van der Waals surface area contributed by atoms with E-state index in [4.69, 9.17) is 5.41 Å². The van der Waals surface area contributed by atoms with Gasteiger partial charge < -0.3 is 4.90 Å². The van der Waals surface area contributed by atoms with Gasteiger partial charge >= 0.3 is 0 Å². The van der Waals surface area contributed by atoms with Crippen LogP contribution >= 0.6 is 17.0 Å². The summed E-state index contributed by atoms with van der Waals surface area (Å²) in [5, 5.41) is 8.28. The number of hydrogen-bond acceptors (Lipinski definition) is 1. The summed E-state index contributed by atoms with van der Waals surface area (Å²) in [7, 11) is 0. The van der Waals surface area contributed by atoms with Crippen molar-refractivity contribution < 1.29 is 0 Å². The molecule has 0 atom stereocenters. The summed E-state index contributed by atoms with van der Waals surface area (Å²) in [5.74, 6) is 0.605. The number of halogens is 1. The third-order valence-corrected chi connectivity index (χ3v) is 3.67. The molecule has 98 valence electrons. The summed E-state index contributed by atoms with van der Waals surface area (Å²) < 4.78 is 0. The molecule has 1 N–H and O–H groups in total. The van der Waals surface area contributed by atoms with Crippen LogP contribution in [0.15, 0.2) is 42.5 Å². The van der Waals surface area contributed by atoms with Crippen molar-refractivity contribution in [2.45, 2.75) is 20.4 Å². The molecule has 1 aliphatic heterocycles. The zero-order valence-corrected chi connectivity index (χ0v) is 12.8. The van der Waals surface area contributed by atoms with Crippen LogP contribution < -0.4 is 4.90 Å². The summed E-state index contributed by atoms with van der Waals surface area (Å²) in [5.41, 5.74) is 5.97. The van der Waals surface area contributed by atoms with E-state index in [1.807, 2.05) is 18.2 Å². The topological polar surface area (TPSA) is 27.1 Å². The van der Waals surface area contributed by atoms with Crippen molar-refractivity contribution in [3.05, 3.63) is 64.7 Å². The normalized spacial score (nSPS) is 13.2. The summed E-state index contributed by atoms with van der Waals surface area (Å²) in [4.78, 5) is 2.07. The number of anilines is 1. The smallest absolute Gasteiger partial charge is 0.133 e. The SMILES string of the molecule is Br.Cc1ccc(N2Cc3ccccc3C2=N)cc1C. The molecular weight excluding hydrogens is 300 g/mol. The standard InChI is InChI=1S/C16H16N2.BrH/c1-11-7-8-14(9-12(11)2)18-10-13-5-3-4-6-15(13)16(18)17;/h3-9,17H,10H2,1-2H3;1H. The molecule has 3 heteroatoms. The van der Waals surface area contributed by atoms with Crippen LogP contribution in [0, 0.1) is 19.3 Å². The Morgan fingerprint density at radius 2 is 1.74 bits per heavy atom. The monoisotopic (exact) mass is 316 g/mol. The molecule has 2 aromatic rings. The highest BCUT2D eigenvalue weighted by atomic mass is 79.9. The highest BCUT2D eigenvalue weighted by Gasteiger charge is 2.24. The Kier molecular flexibility index (Phi) is 3.76. The molecule has 0 saturated heterocycles. The Morgan fingerprint density at radius 1 is 1.00 bits per heavy atom. The summed E-state index contributed by atoms with van der Waals surface area (Å²) in [6, 6.07) is 14.6. The first-order valence-corrected chi connectivity index (χ1v) is 6.18. The van der Waals surface area contributed by atoms with Crippen LogP contribution in [-0.2, 0) is 6.54 Å². The molecule has 2 aromatic carbocycles. The van der Waals surface area contributed by atoms with E-state index in [1.54, 1.807) is 0 Å². The Hall–Kier alpha value is -1.61. The van der Waals surface area contributed by atoms with E-state index in [2.05, 4.69) is 43.0 Å². The molecule has 19 heavy (non-hydrogen) atoms. The molecule has 1 aliphatic rings. The first-order valence-electron chi connectivity index (χ1n) is 6.18. The van der Waals surface area contributed by atoms with E-state index in [0.29, 0.717) is 5.84 Å². The number of nitrogens with zero attached hydrogens (tertiary/aromatic N) is 1. The van der Waals surface area contributed by atoms with Gasteiger partial charge in [0.15, 0.2) is 0 Å². The van der Waals surface area contributed by atoms with E-state index in [0.717, 1.165) is 17.8 Å². The van der Waals surface area contributed by atoms with E-state index in [-0.39, 0.29) is 17.0 Å². The van der Waals surface area contributed by atoms with Crippen LogP contribution in [0.4, 0.5) is 5.69 Å². The van der Waals surface area contributed by atoms with Crippen molar-refractivity contribution >= 4 is 28.5 Å². The largest absolute Gasteiger partial charge is 0.322 e. The van der Waals surface area contributed by atoms with Crippen molar-refractivity contribution in [3.63, 3.8) is 0 Å². The van der Waals surface area contributed by atoms with Gasteiger partial charge in [0, 0.05) is 11.3 Å². The maximum Gasteiger partial charge on any atom is 0.133 e. The first-order chi connectivity index (χ1) is 8.66. The summed E-state index contributed by atoms with van der Waals surface area (Å²) in [6.07, 6.45) is 0. The molecule has 0 aromatic heterocycles. The van der Waals surface area contributed by atoms with Gasteiger partial charge in [-0.2, -0.15) is 0 Å². The van der Waals surface area contributed by atoms with Crippen LogP contribution in [0.1, 0.15) is 22.3 Å². The fourth-order valence-corrected chi connectivity index (χ4v) is 2.40. The molecule has 0 aliphatic carbocycles. The molecule has 0 saturated carbocycles. The predicted molar refractivity (Wildman–Crippen MR) is 85.7 cm³/mol. The predicted octanol–water partition coefficient (Wildman–Crippen LogP) is 4.23. The number of aryl methyl sites for hydroxylation is 2.